The molecule has 0 aromatic heterocycles. The molecule has 0 aliphatic carbocycles. The lowest BCUT2D eigenvalue weighted by atomic mass is 10.0. The maximum atomic E-state index is 12.5. The van der Waals surface area contributed by atoms with Gasteiger partial charge in [0, 0.05) is 19.1 Å². The molecule has 0 saturated carbocycles. The van der Waals surface area contributed by atoms with Gasteiger partial charge in [0.15, 0.2) is 0 Å². The van der Waals surface area contributed by atoms with Crippen LogP contribution in [0.25, 0.3) is 0 Å². The quantitative estimate of drug-likeness (QED) is 0.824. The van der Waals surface area contributed by atoms with Gasteiger partial charge in [-0.25, -0.2) is 0 Å². The summed E-state index contributed by atoms with van der Waals surface area (Å²) < 4.78 is 0. The van der Waals surface area contributed by atoms with Gasteiger partial charge in [0.2, 0.25) is 5.91 Å². The Balaban J connectivity index is 1.91. The van der Waals surface area contributed by atoms with Gasteiger partial charge in [-0.05, 0) is 38.8 Å². The summed E-state index contributed by atoms with van der Waals surface area (Å²) in [5.41, 5.74) is 1.20. The normalized spacial score (nSPS) is 19.8. The maximum Gasteiger partial charge on any atom is 0.237 e. The molecule has 3 nitrogen and oxygen atoms in total. The number of benzene rings is 1. The lowest BCUT2D eigenvalue weighted by Crippen LogP contribution is -2.45. The van der Waals surface area contributed by atoms with Gasteiger partial charge in [-0.1, -0.05) is 36.8 Å². The third kappa shape index (κ3) is 4.07. The van der Waals surface area contributed by atoms with Crippen molar-refractivity contribution in [2.45, 2.75) is 45.7 Å². The minimum absolute atomic E-state index is 0.255. The third-order valence-corrected chi connectivity index (χ3v) is 4.23. The summed E-state index contributed by atoms with van der Waals surface area (Å²) in [6.07, 6.45) is 3.74. The summed E-state index contributed by atoms with van der Waals surface area (Å²) in [4.78, 5) is 16.8. The van der Waals surface area contributed by atoms with Crippen molar-refractivity contribution in [3.05, 3.63) is 35.9 Å². The second kappa shape index (κ2) is 7.44. The molecule has 0 spiro atoms. The van der Waals surface area contributed by atoms with Crippen LogP contribution in [0.1, 0.15) is 38.7 Å². The first-order valence-electron chi connectivity index (χ1n) is 7.76. The molecular formula is C17H26N2O. The number of hydrogen-bond donors (Lipinski definition) is 0. The first kappa shape index (κ1) is 15.0. The molecule has 20 heavy (non-hydrogen) atoms. The standard InChI is InChI=1S/C17H26N2O/c1-3-18(13-16-10-5-4-6-11-16)17(20)14-19-12-8-7-9-15(19)2/h4-6,10-11,15H,3,7-9,12-14H2,1-2H3. The zero-order valence-corrected chi connectivity index (χ0v) is 12.7. The van der Waals surface area contributed by atoms with Crippen LogP contribution in [0.3, 0.4) is 0 Å². The number of likely N-dealkylation sites (N-methyl/N-ethyl adjacent to an activating group) is 1. The summed E-state index contributed by atoms with van der Waals surface area (Å²) in [5, 5.41) is 0. The molecule has 110 valence electrons. The van der Waals surface area contributed by atoms with Gasteiger partial charge < -0.3 is 4.90 Å². The fourth-order valence-corrected chi connectivity index (χ4v) is 2.85. The van der Waals surface area contributed by atoms with E-state index < -0.39 is 0 Å². The van der Waals surface area contributed by atoms with Crippen LogP contribution in [0.15, 0.2) is 30.3 Å². The first-order valence-corrected chi connectivity index (χ1v) is 7.76. The number of rotatable bonds is 5. The van der Waals surface area contributed by atoms with E-state index in [-0.39, 0.29) is 5.91 Å². The highest BCUT2D eigenvalue weighted by molar-refractivity contribution is 5.78. The summed E-state index contributed by atoms with van der Waals surface area (Å²) in [7, 11) is 0. The van der Waals surface area contributed by atoms with Gasteiger partial charge in [0.1, 0.15) is 0 Å². The van der Waals surface area contributed by atoms with Gasteiger partial charge in [0.05, 0.1) is 6.54 Å². The average Bonchev–Trinajstić information content (AvgIpc) is 2.48. The maximum absolute atomic E-state index is 12.5. The molecule has 1 amide bonds. The number of hydrogen-bond acceptors (Lipinski definition) is 2. The highest BCUT2D eigenvalue weighted by Gasteiger charge is 2.22. The molecule has 1 heterocycles. The van der Waals surface area contributed by atoms with E-state index in [1.807, 2.05) is 23.1 Å². The number of amides is 1. The molecule has 1 aromatic rings. The summed E-state index contributed by atoms with van der Waals surface area (Å²) in [5.74, 6) is 0.255. The molecule has 0 radical (unpaired) electrons. The predicted octanol–water partition coefficient (Wildman–Crippen LogP) is 2.91. The molecule has 0 N–H and O–H groups in total. The van der Waals surface area contributed by atoms with Crippen LogP contribution in [0.4, 0.5) is 0 Å². The van der Waals surface area contributed by atoms with Crippen LogP contribution in [0.2, 0.25) is 0 Å². The van der Waals surface area contributed by atoms with Crippen LogP contribution < -0.4 is 0 Å². The van der Waals surface area contributed by atoms with Gasteiger partial charge in [-0.15, -0.1) is 0 Å². The molecular weight excluding hydrogens is 248 g/mol. The van der Waals surface area contributed by atoms with Crippen molar-refractivity contribution in [3.63, 3.8) is 0 Å². The molecule has 1 saturated heterocycles. The van der Waals surface area contributed by atoms with E-state index in [0.717, 1.165) is 19.6 Å². The molecule has 1 aliphatic rings. The number of likely N-dealkylation sites (tertiary alicyclic amines) is 1. The van der Waals surface area contributed by atoms with Crippen molar-refractivity contribution < 1.29 is 4.79 Å². The van der Waals surface area contributed by atoms with E-state index in [0.29, 0.717) is 12.6 Å². The fourth-order valence-electron chi connectivity index (χ4n) is 2.85. The smallest absolute Gasteiger partial charge is 0.237 e. The van der Waals surface area contributed by atoms with Crippen molar-refractivity contribution >= 4 is 5.91 Å². The fraction of sp³-hybridized carbons (Fsp3) is 0.588. The highest BCUT2D eigenvalue weighted by Crippen LogP contribution is 2.16. The van der Waals surface area contributed by atoms with E-state index in [1.54, 1.807) is 0 Å². The summed E-state index contributed by atoms with van der Waals surface area (Å²) in [6, 6.07) is 10.8. The van der Waals surface area contributed by atoms with Crippen LogP contribution in [-0.2, 0) is 11.3 Å². The molecule has 1 unspecified atom stereocenters. The predicted molar refractivity (Wildman–Crippen MR) is 82.4 cm³/mol. The van der Waals surface area contributed by atoms with Crippen LogP contribution in [-0.4, -0.2) is 41.4 Å². The zero-order chi connectivity index (χ0) is 14.4. The number of carbonyl (C=O) groups excluding carboxylic acids is 1. The Kier molecular flexibility index (Phi) is 5.60. The zero-order valence-electron chi connectivity index (χ0n) is 12.7. The van der Waals surface area contributed by atoms with E-state index in [1.165, 1.54) is 24.8 Å². The second-order valence-electron chi connectivity index (χ2n) is 5.71. The second-order valence-corrected chi connectivity index (χ2v) is 5.71. The number of nitrogens with zero attached hydrogens (tertiary/aromatic N) is 2. The molecule has 0 bridgehead atoms. The topological polar surface area (TPSA) is 23.6 Å². The van der Waals surface area contributed by atoms with E-state index >= 15 is 0 Å². The molecule has 1 fully saturated rings. The molecule has 1 atom stereocenters. The van der Waals surface area contributed by atoms with Crippen molar-refractivity contribution in [1.29, 1.82) is 0 Å². The first-order chi connectivity index (χ1) is 9.70. The van der Waals surface area contributed by atoms with E-state index in [4.69, 9.17) is 0 Å². The monoisotopic (exact) mass is 274 g/mol. The lowest BCUT2D eigenvalue weighted by Gasteiger charge is -2.34. The molecule has 1 aliphatic heterocycles. The molecule has 2 rings (SSSR count). The van der Waals surface area contributed by atoms with Gasteiger partial charge >= 0.3 is 0 Å². The van der Waals surface area contributed by atoms with Crippen molar-refractivity contribution in [3.8, 4) is 0 Å². The van der Waals surface area contributed by atoms with Crippen molar-refractivity contribution in [2.24, 2.45) is 0 Å². The highest BCUT2D eigenvalue weighted by atomic mass is 16.2. The SMILES string of the molecule is CCN(Cc1ccccc1)C(=O)CN1CCCCC1C. The Labute approximate surface area is 122 Å². The van der Waals surface area contributed by atoms with Gasteiger partial charge in [-0.2, -0.15) is 0 Å². The Bertz CT molecular complexity index is 418. The Morgan fingerprint density at radius 1 is 1.30 bits per heavy atom. The number of carbonyl (C=O) groups is 1. The third-order valence-electron chi connectivity index (χ3n) is 4.23. The van der Waals surface area contributed by atoms with Crippen molar-refractivity contribution in [1.82, 2.24) is 9.80 Å². The Hall–Kier alpha value is -1.35. The summed E-state index contributed by atoms with van der Waals surface area (Å²) in [6.45, 7) is 7.42. The van der Waals surface area contributed by atoms with Crippen LogP contribution >= 0.6 is 0 Å². The lowest BCUT2D eigenvalue weighted by molar-refractivity contribution is -0.133. The van der Waals surface area contributed by atoms with E-state index in [2.05, 4.69) is 30.9 Å². The Morgan fingerprint density at radius 3 is 2.70 bits per heavy atom. The largest absolute Gasteiger partial charge is 0.338 e. The van der Waals surface area contributed by atoms with Gasteiger partial charge in [-0.3, -0.25) is 9.69 Å². The van der Waals surface area contributed by atoms with Crippen LogP contribution in [0.5, 0.6) is 0 Å². The minimum atomic E-state index is 0.255. The number of piperidine rings is 1. The van der Waals surface area contributed by atoms with E-state index in [9.17, 15) is 4.79 Å². The molecule has 3 heteroatoms. The van der Waals surface area contributed by atoms with Gasteiger partial charge in [0.25, 0.3) is 0 Å². The van der Waals surface area contributed by atoms with Crippen molar-refractivity contribution in [2.75, 3.05) is 19.6 Å². The minimum Gasteiger partial charge on any atom is -0.338 e. The average molecular weight is 274 g/mol. The summed E-state index contributed by atoms with van der Waals surface area (Å²) >= 11 is 0. The Morgan fingerprint density at radius 2 is 2.05 bits per heavy atom. The molecule has 1 aromatic carbocycles. The van der Waals surface area contributed by atoms with Crippen LogP contribution in [0, 0.1) is 0 Å².